The quantitative estimate of drug-likeness (QED) is 0.211. The topological polar surface area (TPSA) is 103 Å². The lowest BCUT2D eigenvalue weighted by Gasteiger charge is -2.08. The van der Waals surface area contributed by atoms with Gasteiger partial charge >= 0.3 is 5.91 Å². The lowest BCUT2D eigenvalue weighted by Crippen LogP contribution is -2.16. The molecular weight excluding hydrogens is 432 g/mol. The van der Waals surface area contributed by atoms with Gasteiger partial charge in [0.25, 0.3) is 5.69 Å². The second kappa shape index (κ2) is 8.67. The van der Waals surface area contributed by atoms with Crippen molar-refractivity contribution in [2.24, 2.45) is 5.10 Å². The van der Waals surface area contributed by atoms with Crippen LogP contribution < -0.4 is 5.43 Å². The number of nitro groups is 1. The number of hydrazone groups is 1. The van der Waals surface area contributed by atoms with E-state index in [1.165, 1.54) is 29.8 Å². The minimum atomic E-state index is -0.541. The summed E-state index contributed by atoms with van der Waals surface area (Å²) in [7, 11) is 0. The molecule has 0 saturated heterocycles. The van der Waals surface area contributed by atoms with Crippen molar-refractivity contribution in [2.45, 2.75) is 13.5 Å². The molecule has 0 aliphatic heterocycles. The molecule has 34 heavy (non-hydrogen) atoms. The first-order valence-corrected chi connectivity index (χ1v) is 10.6. The van der Waals surface area contributed by atoms with E-state index in [0.717, 1.165) is 28.7 Å². The fourth-order valence-corrected chi connectivity index (χ4v) is 4.06. The predicted octanol–water partition coefficient (Wildman–Crippen LogP) is 5.42. The Hall–Kier alpha value is -4.72. The Labute approximate surface area is 194 Å². The maximum atomic E-state index is 12.6. The van der Waals surface area contributed by atoms with Gasteiger partial charge in [0, 0.05) is 46.2 Å². The molecule has 0 saturated carbocycles. The van der Waals surface area contributed by atoms with Crippen LogP contribution in [0.4, 0.5) is 5.69 Å². The largest absolute Gasteiger partial charge is 0.451 e. The number of hydrogen-bond donors (Lipinski definition) is 1. The van der Waals surface area contributed by atoms with Gasteiger partial charge in [-0.25, -0.2) is 5.43 Å². The zero-order valence-electron chi connectivity index (χ0n) is 18.3. The Morgan fingerprint density at radius 3 is 2.65 bits per heavy atom. The highest BCUT2D eigenvalue weighted by Gasteiger charge is 2.16. The molecule has 1 amide bonds. The SMILES string of the molecule is Cc1c(/C=N\NC(=O)c2cc3cc([N+](=O)[O-])ccc3o2)c2ccccc2n1Cc1ccccc1. The van der Waals surface area contributed by atoms with Crippen molar-refractivity contribution in [1.29, 1.82) is 0 Å². The van der Waals surface area contributed by atoms with Crippen LogP contribution in [0.5, 0.6) is 0 Å². The number of fused-ring (bicyclic) bond motifs is 2. The predicted molar refractivity (Wildman–Crippen MR) is 130 cm³/mol. The molecule has 5 aromatic rings. The molecule has 2 heterocycles. The van der Waals surface area contributed by atoms with Crippen LogP contribution in [0.25, 0.3) is 21.9 Å². The Morgan fingerprint density at radius 2 is 1.85 bits per heavy atom. The van der Waals surface area contributed by atoms with E-state index in [0.29, 0.717) is 11.0 Å². The molecule has 0 unspecified atom stereocenters. The number of hydrogen-bond acceptors (Lipinski definition) is 5. The Balaban J connectivity index is 1.40. The molecule has 168 valence electrons. The lowest BCUT2D eigenvalue weighted by molar-refractivity contribution is -0.384. The monoisotopic (exact) mass is 452 g/mol. The van der Waals surface area contributed by atoms with Crippen LogP contribution in [0.15, 0.2) is 88.4 Å². The summed E-state index contributed by atoms with van der Waals surface area (Å²) in [5.41, 5.74) is 7.01. The van der Waals surface area contributed by atoms with Crippen LogP contribution in [-0.2, 0) is 6.54 Å². The van der Waals surface area contributed by atoms with E-state index in [4.69, 9.17) is 4.42 Å². The standard InChI is InChI=1S/C26H20N4O4/c1-17-22(21-9-5-6-10-23(21)29(17)16-18-7-3-2-4-8-18)15-27-28-26(31)25-14-19-13-20(30(32)33)11-12-24(19)34-25/h2-15H,16H2,1H3,(H,28,31)/b27-15-. The first kappa shape index (κ1) is 21.1. The zero-order valence-corrected chi connectivity index (χ0v) is 18.3. The summed E-state index contributed by atoms with van der Waals surface area (Å²) >= 11 is 0. The number of carbonyl (C=O) groups is 1. The number of para-hydroxylation sites is 1. The highest BCUT2D eigenvalue weighted by molar-refractivity contribution is 6.02. The minimum Gasteiger partial charge on any atom is -0.451 e. The number of nitro benzene ring substituents is 1. The molecule has 5 rings (SSSR count). The van der Waals surface area contributed by atoms with E-state index in [9.17, 15) is 14.9 Å². The van der Waals surface area contributed by atoms with Crippen molar-refractivity contribution in [3.05, 3.63) is 112 Å². The number of rotatable bonds is 6. The minimum absolute atomic E-state index is 0.0240. The zero-order chi connectivity index (χ0) is 23.7. The molecular formula is C26H20N4O4. The Kier molecular flexibility index (Phi) is 5.39. The molecule has 1 N–H and O–H groups in total. The van der Waals surface area contributed by atoms with Gasteiger partial charge in [-0.1, -0.05) is 48.5 Å². The molecule has 0 fully saturated rings. The van der Waals surface area contributed by atoms with Crippen molar-refractivity contribution in [3.8, 4) is 0 Å². The van der Waals surface area contributed by atoms with Crippen molar-refractivity contribution in [3.63, 3.8) is 0 Å². The van der Waals surface area contributed by atoms with Gasteiger partial charge in [0.05, 0.1) is 11.1 Å². The number of nitrogens with one attached hydrogen (secondary N) is 1. The van der Waals surface area contributed by atoms with Crippen LogP contribution in [0.3, 0.4) is 0 Å². The molecule has 0 atom stereocenters. The summed E-state index contributed by atoms with van der Waals surface area (Å²) in [6, 6.07) is 23.9. The molecule has 0 aliphatic rings. The van der Waals surface area contributed by atoms with Crippen molar-refractivity contribution in [1.82, 2.24) is 9.99 Å². The second-order valence-corrected chi connectivity index (χ2v) is 7.88. The number of aromatic nitrogens is 1. The molecule has 0 spiro atoms. The van der Waals surface area contributed by atoms with E-state index in [-0.39, 0.29) is 11.4 Å². The van der Waals surface area contributed by atoms with Crippen LogP contribution >= 0.6 is 0 Å². The molecule has 8 heteroatoms. The molecule has 0 bridgehead atoms. The van der Waals surface area contributed by atoms with Gasteiger partial charge in [-0.05, 0) is 30.7 Å². The number of furan rings is 1. The maximum absolute atomic E-state index is 12.6. The second-order valence-electron chi connectivity index (χ2n) is 7.88. The average molecular weight is 452 g/mol. The van der Waals surface area contributed by atoms with Crippen LogP contribution in [-0.4, -0.2) is 21.6 Å². The van der Waals surface area contributed by atoms with Crippen molar-refractivity contribution >= 4 is 39.7 Å². The molecule has 8 nitrogen and oxygen atoms in total. The van der Waals surface area contributed by atoms with E-state index in [1.54, 1.807) is 6.21 Å². The number of benzene rings is 3. The van der Waals surface area contributed by atoms with Crippen molar-refractivity contribution in [2.75, 3.05) is 0 Å². The van der Waals surface area contributed by atoms with Crippen LogP contribution in [0.1, 0.15) is 27.4 Å². The van der Waals surface area contributed by atoms with Crippen LogP contribution in [0, 0.1) is 17.0 Å². The highest BCUT2D eigenvalue weighted by atomic mass is 16.6. The third kappa shape index (κ3) is 3.93. The van der Waals surface area contributed by atoms with E-state index in [1.807, 2.05) is 43.3 Å². The summed E-state index contributed by atoms with van der Waals surface area (Å²) < 4.78 is 7.74. The molecule has 2 aromatic heterocycles. The third-order valence-corrected chi connectivity index (χ3v) is 5.76. The average Bonchev–Trinajstić information content (AvgIpc) is 3.39. The van der Waals surface area contributed by atoms with Gasteiger partial charge in [0.1, 0.15) is 5.58 Å². The maximum Gasteiger partial charge on any atom is 0.307 e. The number of non-ortho nitro benzene ring substituents is 1. The number of amides is 1. The van der Waals surface area contributed by atoms with E-state index < -0.39 is 10.8 Å². The summed E-state index contributed by atoms with van der Waals surface area (Å²) in [5.74, 6) is -0.517. The summed E-state index contributed by atoms with van der Waals surface area (Å²) in [5, 5.41) is 16.6. The molecule has 3 aromatic carbocycles. The van der Waals surface area contributed by atoms with Gasteiger partial charge in [-0.2, -0.15) is 5.10 Å². The lowest BCUT2D eigenvalue weighted by atomic mass is 10.1. The van der Waals surface area contributed by atoms with E-state index in [2.05, 4.69) is 33.3 Å². The fraction of sp³-hybridized carbons (Fsp3) is 0.0769. The summed E-state index contributed by atoms with van der Waals surface area (Å²) in [4.78, 5) is 23.0. The Morgan fingerprint density at radius 1 is 1.09 bits per heavy atom. The van der Waals surface area contributed by atoms with E-state index >= 15 is 0 Å². The number of nitrogens with zero attached hydrogens (tertiary/aromatic N) is 3. The third-order valence-electron chi connectivity index (χ3n) is 5.76. The smallest absolute Gasteiger partial charge is 0.307 e. The van der Waals surface area contributed by atoms with Gasteiger partial charge in [-0.3, -0.25) is 14.9 Å². The van der Waals surface area contributed by atoms with Gasteiger partial charge in [0.2, 0.25) is 0 Å². The first-order chi connectivity index (χ1) is 16.5. The first-order valence-electron chi connectivity index (χ1n) is 10.6. The molecule has 0 aliphatic carbocycles. The van der Waals surface area contributed by atoms with Gasteiger partial charge in [-0.15, -0.1) is 0 Å². The summed E-state index contributed by atoms with van der Waals surface area (Å²) in [6.45, 7) is 2.75. The van der Waals surface area contributed by atoms with Crippen molar-refractivity contribution < 1.29 is 14.1 Å². The van der Waals surface area contributed by atoms with Gasteiger partial charge < -0.3 is 8.98 Å². The number of carbonyl (C=O) groups excluding carboxylic acids is 1. The van der Waals surface area contributed by atoms with Gasteiger partial charge in [0.15, 0.2) is 5.76 Å². The Bertz CT molecular complexity index is 1560. The fourth-order valence-electron chi connectivity index (χ4n) is 4.06. The normalized spacial score (nSPS) is 11.4. The molecule has 0 radical (unpaired) electrons. The van der Waals surface area contributed by atoms with Crippen LogP contribution in [0.2, 0.25) is 0 Å². The summed E-state index contributed by atoms with van der Waals surface area (Å²) in [6.07, 6.45) is 1.63. The highest BCUT2D eigenvalue weighted by Crippen LogP contribution is 2.26.